The van der Waals surface area contributed by atoms with Crippen LogP contribution in [0.4, 0.5) is 5.82 Å². The number of hydrogen-bond acceptors (Lipinski definition) is 3. The van der Waals surface area contributed by atoms with Crippen molar-refractivity contribution in [2.75, 3.05) is 11.9 Å². The summed E-state index contributed by atoms with van der Waals surface area (Å²) in [6, 6.07) is 0. The zero-order chi connectivity index (χ0) is 10.6. The lowest BCUT2D eigenvalue weighted by molar-refractivity contribution is 0.606. The highest BCUT2D eigenvalue weighted by molar-refractivity contribution is 9.10. The maximum atomic E-state index is 4.35. The van der Waals surface area contributed by atoms with Gasteiger partial charge >= 0.3 is 0 Å². The van der Waals surface area contributed by atoms with Crippen LogP contribution in [0.2, 0.25) is 0 Å². The summed E-state index contributed by atoms with van der Waals surface area (Å²) in [7, 11) is 0. The average molecular weight is 258 g/mol. The summed E-state index contributed by atoms with van der Waals surface area (Å²) < 4.78 is 0.812. The van der Waals surface area contributed by atoms with Gasteiger partial charge in [-0.1, -0.05) is 13.8 Å². The molecule has 0 unspecified atom stereocenters. The molecule has 0 radical (unpaired) electrons. The van der Waals surface area contributed by atoms with Gasteiger partial charge in [-0.3, -0.25) is 0 Å². The third kappa shape index (κ3) is 3.62. The molecular weight excluding hydrogens is 242 g/mol. The summed E-state index contributed by atoms with van der Waals surface area (Å²) >= 11 is 3.32. The van der Waals surface area contributed by atoms with E-state index in [4.69, 9.17) is 0 Å². The van der Waals surface area contributed by atoms with E-state index in [0.29, 0.717) is 5.92 Å². The van der Waals surface area contributed by atoms with Crippen molar-refractivity contribution in [1.82, 2.24) is 9.97 Å². The van der Waals surface area contributed by atoms with E-state index < -0.39 is 0 Å². The van der Waals surface area contributed by atoms with Gasteiger partial charge in [-0.05, 0) is 35.2 Å². The third-order valence-corrected chi connectivity index (χ3v) is 2.69. The van der Waals surface area contributed by atoms with Gasteiger partial charge in [0.2, 0.25) is 0 Å². The molecule has 14 heavy (non-hydrogen) atoms. The van der Waals surface area contributed by atoms with Gasteiger partial charge in [-0.2, -0.15) is 0 Å². The van der Waals surface area contributed by atoms with Crippen LogP contribution in [0.25, 0.3) is 0 Å². The molecule has 0 saturated carbocycles. The van der Waals surface area contributed by atoms with Crippen LogP contribution in [-0.2, 0) is 0 Å². The van der Waals surface area contributed by atoms with E-state index >= 15 is 0 Å². The second-order valence-corrected chi connectivity index (χ2v) is 4.49. The number of aromatic nitrogens is 2. The summed E-state index contributed by atoms with van der Waals surface area (Å²) in [4.78, 5) is 8.52. The predicted octanol–water partition coefficient (Wildman–Crippen LogP) is 3.01. The Hall–Kier alpha value is -0.640. The summed E-state index contributed by atoms with van der Waals surface area (Å²) in [6.45, 7) is 7.30. The lowest BCUT2D eigenvalue weighted by Gasteiger charge is -2.07. The van der Waals surface area contributed by atoms with Crippen LogP contribution in [-0.4, -0.2) is 16.5 Å². The molecule has 0 spiro atoms. The van der Waals surface area contributed by atoms with E-state index in [9.17, 15) is 0 Å². The molecule has 0 atom stereocenters. The van der Waals surface area contributed by atoms with Crippen molar-refractivity contribution in [3.8, 4) is 0 Å². The van der Waals surface area contributed by atoms with Crippen LogP contribution >= 0.6 is 15.9 Å². The van der Waals surface area contributed by atoms with Crippen molar-refractivity contribution >= 4 is 21.7 Å². The first-order chi connectivity index (χ1) is 6.59. The van der Waals surface area contributed by atoms with E-state index in [2.05, 4.69) is 45.1 Å². The molecule has 0 aliphatic carbocycles. The van der Waals surface area contributed by atoms with Gasteiger partial charge < -0.3 is 5.32 Å². The Bertz CT molecular complexity index is 299. The van der Waals surface area contributed by atoms with Crippen molar-refractivity contribution in [1.29, 1.82) is 0 Å². The largest absolute Gasteiger partial charge is 0.369 e. The topological polar surface area (TPSA) is 37.8 Å². The Morgan fingerprint density at radius 3 is 2.79 bits per heavy atom. The number of nitrogens with one attached hydrogen (secondary N) is 1. The Kier molecular flexibility index (Phi) is 4.32. The van der Waals surface area contributed by atoms with Gasteiger partial charge in [-0.25, -0.2) is 9.97 Å². The molecular formula is C10H16BrN3. The molecule has 0 amide bonds. The fourth-order valence-electron chi connectivity index (χ4n) is 1.04. The molecule has 0 saturated heterocycles. The number of aryl methyl sites for hydroxylation is 1. The molecule has 1 aromatic rings. The van der Waals surface area contributed by atoms with Crippen LogP contribution < -0.4 is 5.32 Å². The molecule has 0 bridgehead atoms. The number of anilines is 1. The average Bonchev–Trinajstić information content (AvgIpc) is 2.10. The first-order valence-corrected chi connectivity index (χ1v) is 5.62. The minimum Gasteiger partial charge on any atom is -0.369 e. The molecule has 1 rings (SSSR count). The SMILES string of the molecule is Cc1nc(NCCC(C)C)cnc1Br. The van der Waals surface area contributed by atoms with E-state index in [1.54, 1.807) is 6.20 Å². The highest BCUT2D eigenvalue weighted by atomic mass is 79.9. The van der Waals surface area contributed by atoms with Crippen LogP contribution in [0, 0.1) is 12.8 Å². The monoisotopic (exact) mass is 257 g/mol. The highest BCUT2D eigenvalue weighted by Crippen LogP contribution is 2.12. The fraction of sp³-hybridized carbons (Fsp3) is 0.600. The van der Waals surface area contributed by atoms with Gasteiger partial charge in [-0.15, -0.1) is 0 Å². The zero-order valence-electron chi connectivity index (χ0n) is 8.84. The number of halogens is 1. The van der Waals surface area contributed by atoms with Crippen molar-refractivity contribution in [3.05, 3.63) is 16.5 Å². The molecule has 4 heteroatoms. The van der Waals surface area contributed by atoms with Crippen LogP contribution in [0.3, 0.4) is 0 Å². The van der Waals surface area contributed by atoms with Crippen molar-refractivity contribution < 1.29 is 0 Å². The maximum absolute atomic E-state index is 4.35. The number of nitrogens with zero attached hydrogens (tertiary/aromatic N) is 2. The van der Waals surface area contributed by atoms with Gasteiger partial charge in [0.25, 0.3) is 0 Å². The maximum Gasteiger partial charge on any atom is 0.144 e. The standard InChI is InChI=1S/C10H16BrN3/c1-7(2)4-5-12-9-6-13-10(11)8(3)14-9/h6-7H,4-5H2,1-3H3,(H,12,14). The molecule has 0 fully saturated rings. The molecule has 0 aliphatic rings. The summed E-state index contributed by atoms with van der Waals surface area (Å²) in [5.74, 6) is 1.57. The predicted molar refractivity (Wildman–Crippen MR) is 62.4 cm³/mol. The molecule has 1 aromatic heterocycles. The lowest BCUT2D eigenvalue weighted by atomic mass is 10.1. The summed E-state index contributed by atoms with van der Waals surface area (Å²) in [5.41, 5.74) is 0.916. The molecule has 0 aliphatic heterocycles. The summed E-state index contributed by atoms with van der Waals surface area (Å²) in [6.07, 6.45) is 2.90. The Morgan fingerprint density at radius 1 is 1.50 bits per heavy atom. The second-order valence-electron chi connectivity index (χ2n) is 3.74. The van der Waals surface area contributed by atoms with Crippen molar-refractivity contribution in [2.24, 2.45) is 5.92 Å². The fourth-order valence-corrected chi connectivity index (χ4v) is 1.23. The van der Waals surface area contributed by atoms with E-state index in [1.807, 2.05) is 6.92 Å². The first kappa shape index (κ1) is 11.4. The van der Waals surface area contributed by atoms with Gasteiger partial charge in [0.05, 0.1) is 11.9 Å². The Balaban J connectivity index is 2.47. The minimum atomic E-state index is 0.715. The number of rotatable bonds is 4. The number of hydrogen-bond donors (Lipinski definition) is 1. The Morgan fingerprint density at radius 2 is 2.21 bits per heavy atom. The first-order valence-electron chi connectivity index (χ1n) is 4.82. The lowest BCUT2D eigenvalue weighted by Crippen LogP contribution is -2.07. The third-order valence-electron chi connectivity index (χ3n) is 1.91. The quantitative estimate of drug-likeness (QED) is 0.902. The van der Waals surface area contributed by atoms with E-state index in [-0.39, 0.29) is 0 Å². The van der Waals surface area contributed by atoms with E-state index in [0.717, 1.165) is 29.1 Å². The minimum absolute atomic E-state index is 0.715. The van der Waals surface area contributed by atoms with Crippen LogP contribution in [0.15, 0.2) is 10.8 Å². The van der Waals surface area contributed by atoms with Crippen LogP contribution in [0.5, 0.6) is 0 Å². The molecule has 0 aromatic carbocycles. The van der Waals surface area contributed by atoms with Crippen LogP contribution in [0.1, 0.15) is 26.0 Å². The highest BCUT2D eigenvalue weighted by Gasteiger charge is 2.00. The van der Waals surface area contributed by atoms with Crippen molar-refractivity contribution in [3.63, 3.8) is 0 Å². The van der Waals surface area contributed by atoms with E-state index in [1.165, 1.54) is 0 Å². The smallest absolute Gasteiger partial charge is 0.144 e. The van der Waals surface area contributed by atoms with Gasteiger partial charge in [0, 0.05) is 6.54 Å². The van der Waals surface area contributed by atoms with Gasteiger partial charge in [0.15, 0.2) is 0 Å². The molecule has 3 nitrogen and oxygen atoms in total. The van der Waals surface area contributed by atoms with Gasteiger partial charge in [0.1, 0.15) is 10.4 Å². The molecule has 78 valence electrons. The normalized spacial score (nSPS) is 10.6. The zero-order valence-corrected chi connectivity index (χ0v) is 10.4. The Labute approximate surface area is 93.5 Å². The molecule has 1 heterocycles. The second kappa shape index (κ2) is 5.29. The van der Waals surface area contributed by atoms with Crippen molar-refractivity contribution in [2.45, 2.75) is 27.2 Å². The molecule has 1 N–H and O–H groups in total. The summed E-state index contributed by atoms with van der Waals surface area (Å²) in [5, 5.41) is 3.25.